The van der Waals surface area contributed by atoms with Crippen LogP contribution in [-0.4, -0.2) is 70.0 Å². The van der Waals surface area contributed by atoms with E-state index < -0.39 is 37.0 Å². The molecule has 13 heteroatoms. The van der Waals surface area contributed by atoms with Crippen LogP contribution in [0.3, 0.4) is 0 Å². The smallest absolute Gasteiger partial charge is 0.359 e. The molecule has 6 atom stereocenters. The molecular formula is C18H30ClN4O7P. The zero-order valence-corrected chi connectivity index (χ0v) is 19.8. The summed E-state index contributed by atoms with van der Waals surface area (Å²) in [6.07, 6.45) is -1.29. The van der Waals surface area contributed by atoms with Gasteiger partial charge in [0.2, 0.25) is 0 Å². The molecule has 31 heavy (non-hydrogen) atoms. The molecule has 0 aliphatic carbocycles. The Hall–Kier alpha value is -1.17. The van der Waals surface area contributed by atoms with Gasteiger partial charge in [-0.3, -0.25) is 9.13 Å². The fourth-order valence-electron chi connectivity index (χ4n) is 2.99. The second kappa shape index (κ2) is 9.76. The Morgan fingerprint density at radius 2 is 1.87 bits per heavy atom. The van der Waals surface area contributed by atoms with Crippen molar-refractivity contribution in [1.82, 2.24) is 19.5 Å². The molecule has 0 aliphatic rings. The maximum absolute atomic E-state index is 12.7. The third-order valence-corrected chi connectivity index (χ3v) is 8.09. The maximum atomic E-state index is 12.7. The normalized spacial score (nSPS) is 21.1. The Balaban J connectivity index is 2.26. The number of methoxy groups -OCH3 is 1. The van der Waals surface area contributed by atoms with E-state index in [0.717, 1.165) is 0 Å². The highest BCUT2D eigenvalue weighted by atomic mass is 35.5. The van der Waals surface area contributed by atoms with Gasteiger partial charge in [-0.05, 0) is 26.7 Å². The van der Waals surface area contributed by atoms with Crippen molar-refractivity contribution in [2.24, 2.45) is 0 Å². The van der Waals surface area contributed by atoms with Crippen molar-refractivity contribution in [3.05, 3.63) is 17.8 Å². The molecule has 0 fully saturated rings. The van der Waals surface area contributed by atoms with Gasteiger partial charge >= 0.3 is 7.60 Å². The van der Waals surface area contributed by atoms with E-state index in [1.54, 1.807) is 20.8 Å². The van der Waals surface area contributed by atoms with Gasteiger partial charge in [-0.25, -0.2) is 15.0 Å². The van der Waals surface area contributed by atoms with Crippen LogP contribution in [0.1, 0.15) is 53.2 Å². The predicted octanol–water partition coefficient (Wildman–Crippen LogP) is 2.23. The number of aromatic nitrogens is 4. The van der Waals surface area contributed by atoms with E-state index in [-0.39, 0.29) is 35.6 Å². The highest BCUT2D eigenvalue weighted by molar-refractivity contribution is 7.54. The molecule has 0 radical (unpaired) electrons. The first-order chi connectivity index (χ1) is 14.3. The van der Waals surface area contributed by atoms with Crippen LogP contribution in [0.4, 0.5) is 0 Å². The number of hydrogen-bond acceptors (Lipinski definition) is 9. The fourth-order valence-corrected chi connectivity index (χ4v) is 4.56. The van der Waals surface area contributed by atoms with Crippen LogP contribution in [0.2, 0.25) is 5.15 Å². The number of ether oxygens (including phenoxy) is 1. The van der Waals surface area contributed by atoms with Crippen LogP contribution in [0.15, 0.2) is 12.7 Å². The van der Waals surface area contributed by atoms with E-state index in [1.165, 1.54) is 31.3 Å². The Morgan fingerprint density at radius 1 is 1.23 bits per heavy atom. The number of aliphatic hydroxyl groups excluding tert-OH is 2. The molecule has 2 rings (SSSR count). The molecule has 2 aromatic heterocycles. The van der Waals surface area contributed by atoms with E-state index in [1.807, 2.05) is 0 Å². The quantitative estimate of drug-likeness (QED) is 0.277. The van der Waals surface area contributed by atoms with E-state index in [0.29, 0.717) is 0 Å². The Labute approximate surface area is 185 Å². The van der Waals surface area contributed by atoms with Crippen LogP contribution in [0.5, 0.6) is 0 Å². The van der Waals surface area contributed by atoms with E-state index in [9.17, 15) is 24.8 Å². The lowest BCUT2D eigenvalue weighted by Crippen LogP contribution is -2.43. The second-order valence-corrected chi connectivity index (χ2v) is 10.4. The van der Waals surface area contributed by atoms with E-state index in [4.69, 9.17) is 20.9 Å². The van der Waals surface area contributed by atoms with Gasteiger partial charge in [-0.2, -0.15) is 0 Å². The summed E-state index contributed by atoms with van der Waals surface area (Å²) in [4.78, 5) is 22.2. The molecule has 0 aromatic carbocycles. The largest absolute Gasteiger partial charge is 0.386 e. The first-order valence-corrected chi connectivity index (χ1v) is 11.8. The van der Waals surface area contributed by atoms with Crippen LogP contribution in [0, 0.1) is 0 Å². The number of aliphatic hydroxyl groups is 3. The summed E-state index contributed by atoms with van der Waals surface area (Å²) in [5, 5.41) is 30.0. The highest BCUT2D eigenvalue weighted by Crippen LogP contribution is 2.58. The van der Waals surface area contributed by atoms with Crippen LogP contribution in [0.25, 0.3) is 11.2 Å². The molecule has 4 N–H and O–H groups in total. The zero-order valence-electron chi connectivity index (χ0n) is 18.1. The number of rotatable bonds is 11. The van der Waals surface area contributed by atoms with Gasteiger partial charge in [0.25, 0.3) is 0 Å². The molecule has 0 saturated carbocycles. The summed E-state index contributed by atoms with van der Waals surface area (Å²) in [6, 6.07) is 0. The summed E-state index contributed by atoms with van der Waals surface area (Å²) < 4.78 is 24.8. The summed E-state index contributed by atoms with van der Waals surface area (Å²) in [5.74, 6) is 0. The van der Waals surface area contributed by atoms with Gasteiger partial charge in [-0.15, -0.1) is 0 Å². The number of imidazole rings is 1. The van der Waals surface area contributed by atoms with Gasteiger partial charge in [0, 0.05) is 13.5 Å². The SMILES string of the molecule is CCC(C)(CC(OC)C(O)C(O)n1cnc2c(Cl)ncnc21)OP(=O)(O)C(C)(O)CC. The van der Waals surface area contributed by atoms with E-state index in [2.05, 4.69) is 15.0 Å². The number of halogens is 1. The molecule has 0 aliphatic heterocycles. The highest BCUT2D eigenvalue weighted by Gasteiger charge is 2.47. The number of nitrogens with zero attached hydrogens (tertiary/aromatic N) is 4. The molecule has 6 unspecified atom stereocenters. The standard InChI is InChI=1S/C18H30ClN4O7P/c1-6-17(3,30-31(27,28)18(4,26)7-2)8-11(29-5)13(24)16(25)23-10-22-12-14(19)20-9-21-15(12)23/h9-11,13,16,24-26H,6-8H2,1-5H3,(H,27,28). The monoisotopic (exact) mass is 480 g/mol. The average molecular weight is 481 g/mol. The second-order valence-electron chi connectivity index (χ2n) is 7.86. The van der Waals surface area contributed by atoms with Crippen LogP contribution < -0.4 is 0 Å². The lowest BCUT2D eigenvalue weighted by Gasteiger charge is -2.38. The van der Waals surface area contributed by atoms with Crippen molar-refractivity contribution in [3.63, 3.8) is 0 Å². The van der Waals surface area contributed by atoms with Crippen molar-refractivity contribution >= 4 is 30.4 Å². The summed E-state index contributed by atoms with van der Waals surface area (Å²) in [6.45, 7) is 6.11. The van der Waals surface area contributed by atoms with Crippen molar-refractivity contribution in [2.45, 2.75) is 76.3 Å². The number of fused-ring (bicyclic) bond motifs is 1. The van der Waals surface area contributed by atoms with Crippen LogP contribution in [-0.2, 0) is 13.8 Å². The van der Waals surface area contributed by atoms with Gasteiger partial charge in [-0.1, -0.05) is 25.4 Å². The van der Waals surface area contributed by atoms with Crippen molar-refractivity contribution < 1.29 is 34.0 Å². The Kier molecular flexibility index (Phi) is 8.21. The first kappa shape index (κ1) is 26.1. The van der Waals surface area contributed by atoms with Crippen molar-refractivity contribution in [1.29, 1.82) is 0 Å². The minimum Gasteiger partial charge on any atom is -0.386 e. The third kappa shape index (κ3) is 5.43. The Bertz CT molecular complexity index is 943. The fraction of sp³-hybridized carbons (Fsp3) is 0.722. The first-order valence-electron chi connectivity index (χ1n) is 9.80. The molecule has 0 bridgehead atoms. The summed E-state index contributed by atoms with van der Waals surface area (Å²) in [7, 11) is -3.10. The lowest BCUT2D eigenvalue weighted by atomic mass is 9.92. The van der Waals surface area contributed by atoms with Crippen molar-refractivity contribution in [3.8, 4) is 0 Å². The summed E-state index contributed by atoms with van der Waals surface area (Å²) >= 11 is 5.98. The van der Waals surface area contributed by atoms with Gasteiger partial charge < -0.3 is 29.5 Å². The molecule has 0 spiro atoms. The van der Waals surface area contributed by atoms with Crippen LogP contribution >= 0.6 is 19.2 Å². The maximum Gasteiger partial charge on any atom is 0.359 e. The molecule has 11 nitrogen and oxygen atoms in total. The lowest BCUT2D eigenvalue weighted by molar-refractivity contribution is -0.123. The van der Waals surface area contributed by atoms with Gasteiger partial charge in [0.05, 0.1) is 18.0 Å². The number of hydrogen-bond donors (Lipinski definition) is 4. The van der Waals surface area contributed by atoms with E-state index >= 15 is 0 Å². The molecular weight excluding hydrogens is 451 g/mol. The van der Waals surface area contributed by atoms with Gasteiger partial charge in [0.15, 0.2) is 22.4 Å². The molecule has 176 valence electrons. The Morgan fingerprint density at radius 3 is 2.42 bits per heavy atom. The predicted molar refractivity (Wildman–Crippen MR) is 114 cm³/mol. The molecule has 2 heterocycles. The van der Waals surface area contributed by atoms with Crippen molar-refractivity contribution in [2.75, 3.05) is 7.11 Å². The minimum absolute atomic E-state index is 0.00768. The minimum atomic E-state index is -4.43. The van der Waals surface area contributed by atoms with Gasteiger partial charge in [0.1, 0.15) is 17.9 Å². The topological polar surface area (TPSA) is 160 Å². The average Bonchev–Trinajstić information content (AvgIpc) is 3.16. The summed E-state index contributed by atoms with van der Waals surface area (Å²) in [5.41, 5.74) is -0.767. The molecule has 0 amide bonds. The third-order valence-electron chi connectivity index (χ3n) is 5.59. The molecule has 2 aromatic rings. The molecule has 0 saturated heterocycles. The zero-order chi connectivity index (χ0) is 23.6.